The zero-order valence-corrected chi connectivity index (χ0v) is 10.3. The Hall–Kier alpha value is -1.47. The second-order valence-corrected chi connectivity index (χ2v) is 4.70. The molecule has 0 bridgehead atoms. The monoisotopic (exact) mass is 257 g/mol. The van der Waals surface area contributed by atoms with Gasteiger partial charge in [0, 0.05) is 11.8 Å². The van der Waals surface area contributed by atoms with Gasteiger partial charge < -0.3 is 16.2 Å². The first-order chi connectivity index (χ1) is 8.02. The lowest BCUT2D eigenvalue weighted by Crippen LogP contribution is -2.26. The third-order valence-corrected chi connectivity index (χ3v) is 2.99. The van der Waals surface area contributed by atoms with Gasteiger partial charge in [0.1, 0.15) is 5.01 Å². The van der Waals surface area contributed by atoms with Crippen LogP contribution in [0.1, 0.15) is 28.8 Å². The molecule has 0 aliphatic rings. The Bertz CT molecular complexity index is 405. The summed E-state index contributed by atoms with van der Waals surface area (Å²) in [6.07, 6.45) is 0.369. The Morgan fingerprint density at radius 2 is 2.35 bits per heavy atom. The molecule has 17 heavy (non-hydrogen) atoms. The molecule has 1 rings (SSSR count). The molecule has 0 fully saturated rings. The van der Waals surface area contributed by atoms with Crippen LogP contribution in [0.25, 0.3) is 0 Å². The highest BCUT2D eigenvalue weighted by Crippen LogP contribution is 2.09. The summed E-state index contributed by atoms with van der Waals surface area (Å²) in [6, 6.07) is 0. The molecular formula is C10H15N3O3S. The number of nitrogens with two attached hydrogens (primary N) is 1. The number of carboxylic acid groups (broad SMARTS) is 1. The van der Waals surface area contributed by atoms with Crippen LogP contribution in [0.15, 0.2) is 5.38 Å². The van der Waals surface area contributed by atoms with Gasteiger partial charge in [-0.1, -0.05) is 6.92 Å². The fraction of sp³-hybridized carbons (Fsp3) is 0.500. The van der Waals surface area contributed by atoms with E-state index in [2.05, 4.69) is 10.3 Å². The predicted octanol–water partition coefficient (Wildman–Crippen LogP) is 0.442. The molecular weight excluding hydrogens is 242 g/mol. The number of aromatic nitrogens is 1. The number of thiazole rings is 1. The molecule has 1 aromatic heterocycles. The second-order valence-electron chi connectivity index (χ2n) is 3.75. The van der Waals surface area contributed by atoms with Crippen LogP contribution in [0.4, 0.5) is 0 Å². The Kier molecular flexibility index (Phi) is 5.05. The highest BCUT2D eigenvalue weighted by Gasteiger charge is 2.10. The summed E-state index contributed by atoms with van der Waals surface area (Å²) in [6.45, 7) is 2.62. The summed E-state index contributed by atoms with van der Waals surface area (Å²) < 4.78 is 0. The minimum absolute atomic E-state index is 0.00887. The van der Waals surface area contributed by atoms with Crippen molar-refractivity contribution < 1.29 is 14.7 Å². The van der Waals surface area contributed by atoms with Crippen molar-refractivity contribution in [2.75, 3.05) is 6.54 Å². The van der Waals surface area contributed by atoms with E-state index in [4.69, 9.17) is 10.8 Å². The van der Waals surface area contributed by atoms with E-state index in [1.807, 2.05) is 6.92 Å². The van der Waals surface area contributed by atoms with Gasteiger partial charge in [-0.2, -0.15) is 0 Å². The highest BCUT2D eigenvalue weighted by molar-refractivity contribution is 7.09. The molecule has 0 saturated carbocycles. The minimum atomic E-state index is -1.06. The predicted molar refractivity (Wildman–Crippen MR) is 63.8 cm³/mol. The van der Waals surface area contributed by atoms with E-state index < -0.39 is 5.97 Å². The molecule has 1 aromatic rings. The molecule has 0 aromatic carbocycles. The first-order valence-electron chi connectivity index (χ1n) is 5.17. The van der Waals surface area contributed by atoms with Crippen molar-refractivity contribution in [2.45, 2.75) is 19.9 Å². The van der Waals surface area contributed by atoms with E-state index in [0.29, 0.717) is 18.0 Å². The molecule has 94 valence electrons. The third-order valence-electron chi connectivity index (χ3n) is 2.14. The standard InChI is InChI=1S/C10H15N3O3S/c1-6(3-11)2-8(14)12-4-9-13-7(5-17-9)10(15)16/h5-6H,2-4,11H2,1H3,(H,12,14)(H,15,16). The molecule has 0 spiro atoms. The van der Waals surface area contributed by atoms with Gasteiger partial charge in [-0.15, -0.1) is 11.3 Å². The SMILES string of the molecule is CC(CN)CC(=O)NCc1nc(C(=O)O)cs1. The largest absolute Gasteiger partial charge is 0.476 e. The zero-order valence-electron chi connectivity index (χ0n) is 9.47. The topological polar surface area (TPSA) is 105 Å². The average molecular weight is 257 g/mol. The van der Waals surface area contributed by atoms with Crippen LogP contribution in [0, 0.1) is 5.92 Å². The van der Waals surface area contributed by atoms with Crippen molar-refractivity contribution in [3.63, 3.8) is 0 Å². The summed E-state index contributed by atoms with van der Waals surface area (Å²) in [5.41, 5.74) is 5.42. The highest BCUT2D eigenvalue weighted by atomic mass is 32.1. The molecule has 7 heteroatoms. The summed E-state index contributed by atoms with van der Waals surface area (Å²) in [5, 5.41) is 13.4. The van der Waals surface area contributed by atoms with Crippen molar-refractivity contribution in [1.82, 2.24) is 10.3 Å². The van der Waals surface area contributed by atoms with E-state index in [0.717, 1.165) is 0 Å². The second kappa shape index (κ2) is 6.31. The van der Waals surface area contributed by atoms with E-state index in [1.54, 1.807) is 0 Å². The fourth-order valence-electron chi connectivity index (χ4n) is 1.14. The van der Waals surface area contributed by atoms with Crippen LogP contribution >= 0.6 is 11.3 Å². The molecule has 6 nitrogen and oxygen atoms in total. The number of hydrogen-bond donors (Lipinski definition) is 3. The molecule has 0 saturated heterocycles. The summed E-state index contributed by atoms with van der Waals surface area (Å²) in [4.78, 5) is 25.9. The maximum atomic E-state index is 11.4. The van der Waals surface area contributed by atoms with E-state index >= 15 is 0 Å². The third kappa shape index (κ3) is 4.49. The molecule has 0 aliphatic carbocycles. The number of carbonyl (C=O) groups excluding carboxylic acids is 1. The van der Waals surface area contributed by atoms with Gasteiger partial charge in [0.25, 0.3) is 0 Å². The number of nitrogens with zero attached hydrogens (tertiary/aromatic N) is 1. The van der Waals surface area contributed by atoms with Gasteiger partial charge >= 0.3 is 5.97 Å². The number of nitrogens with one attached hydrogen (secondary N) is 1. The zero-order chi connectivity index (χ0) is 12.8. The first kappa shape index (κ1) is 13.6. The van der Waals surface area contributed by atoms with Gasteiger partial charge in [0.05, 0.1) is 6.54 Å². The molecule has 0 aliphatic heterocycles. The van der Waals surface area contributed by atoms with E-state index in [-0.39, 0.29) is 24.1 Å². The van der Waals surface area contributed by atoms with Crippen LogP contribution in [0.5, 0.6) is 0 Å². The molecule has 4 N–H and O–H groups in total. The lowest BCUT2D eigenvalue weighted by Gasteiger charge is -2.07. The maximum Gasteiger partial charge on any atom is 0.355 e. The van der Waals surface area contributed by atoms with Crippen molar-refractivity contribution >= 4 is 23.2 Å². The van der Waals surface area contributed by atoms with Crippen LogP contribution < -0.4 is 11.1 Å². The molecule has 1 atom stereocenters. The van der Waals surface area contributed by atoms with Crippen molar-refractivity contribution in [3.8, 4) is 0 Å². The van der Waals surface area contributed by atoms with Crippen LogP contribution in [-0.2, 0) is 11.3 Å². The van der Waals surface area contributed by atoms with E-state index in [9.17, 15) is 9.59 Å². The van der Waals surface area contributed by atoms with E-state index in [1.165, 1.54) is 16.7 Å². The number of rotatable bonds is 6. The number of carbonyl (C=O) groups is 2. The fourth-order valence-corrected chi connectivity index (χ4v) is 1.84. The summed E-state index contributed by atoms with van der Waals surface area (Å²) in [5.74, 6) is -1.02. The quantitative estimate of drug-likeness (QED) is 0.686. The summed E-state index contributed by atoms with van der Waals surface area (Å²) >= 11 is 1.21. The molecule has 0 radical (unpaired) electrons. The van der Waals surface area contributed by atoms with Gasteiger partial charge in [-0.3, -0.25) is 4.79 Å². The van der Waals surface area contributed by atoms with Crippen LogP contribution in [-0.4, -0.2) is 28.5 Å². The normalized spacial score (nSPS) is 12.1. The lowest BCUT2D eigenvalue weighted by molar-refractivity contribution is -0.122. The van der Waals surface area contributed by atoms with Crippen LogP contribution in [0.2, 0.25) is 0 Å². The lowest BCUT2D eigenvalue weighted by atomic mass is 10.1. The Morgan fingerprint density at radius 1 is 1.65 bits per heavy atom. The molecule has 1 heterocycles. The number of hydrogen-bond acceptors (Lipinski definition) is 5. The van der Waals surface area contributed by atoms with Gasteiger partial charge in [-0.25, -0.2) is 9.78 Å². The number of aromatic carboxylic acids is 1. The maximum absolute atomic E-state index is 11.4. The van der Waals surface area contributed by atoms with Gasteiger partial charge in [0.15, 0.2) is 5.69 Å². The first-order valence-corrected chi connectivity index (χ1v) is 6.05. The van der Waals surface area contributed by atoms with Crippen molar-refractivity contribution in [3.05, 3.63) is 16.1 Å². The van der Waals surface area contributed by atoms with Gasteiger partial charge in [-0.05, 0) is 12.5 Å². The molecule has 1 unspecified atom stereocenters. The van der Waals surface area contributed by atoms with Crippen molar-refractivity contribution in [1.29, 1.82) is 0 Å². The number of carboxylic acids is 1. The minimum Gasteiger partial charge on any atom is -0.476 e. The van der Waals surface area contributed by atoms with Crippen LogP contribution in [0.3, 0.4) is 0 Å². The number of amides is 1. The molecule has 1 amide bonds. The average Bonchev–Trinajstić information content (AvgIpc) is 2.75. The Balaban J connectivity index is 2.39. The Labute approximate surface area is 103 Å². The Morgan fingerprint density at radius 3 is 2.88 bits per heavy atom. The summed E-state index contributed by atoms with van der Waals surface area (Å²) in [7, 11) is 0. The van der Waals surface area contributed by atoms with Gasteiger partial charge in [0.2, 0.25) is 5.91 Å². The smallest absolute Gasteiger partial charge is 0.355 e. The van der Waals surface area contributed by atoms with Crippen molar-refractivity contribution in [2.24, 2.45) is 11.7 Å².